The fraction of sp³-hybridized carbons (Fsp3) is 0.667. The molecule has 98 valence electrons. The normalized spacial score (nSPS) is 13.6. The Morgan fingerprint density at radius 1 is 1.59 bits per heavy atom. The van der Waals surface area contributed by atoms with Gasteiger partial charge in [-0.15, -0.1) is 0 Å². The number of hydrogen-bond donors (Lipinski definition) is 2. The van der Waals surface area contributed by atoms with E-state index in [-0.39, 0.29) is 6.42 Å². The van der Waals surface area contributed by atoms with Crippen LogP contribution in [0.4, 0.5) is 11.5 Å². The SMILES string of the molecule is CC(CCn1ncc(N)c1N(C)C)S(=O)(=O)O. The van der Waals surface area contributed by atoms with Crippen molar-refractivity contribution in [1.82, 2.24) is 9.78 Å². The van der Waals surface area contributed by atoms with E-state index in [1.165, 1.54) is 13.1 Å². The maximum atomic E-state index is 10.9. The summed E-state index contributed by atoms with van der Waals surface area (Å²) in [5, 5.41) is 3.25. The van der Waals surface area contributed by atoms with Crippen LogP contribution in [0.2, 0.25) is 0 Å². The smallest absolute Gasteiger partial charge is 0.267 e. The molecule has 0 fully saturated rings. The highest BCUT2D eigenvalue weighted by molar-refractivity contribution is 7.86. The first kappa shape index (κ1) is 13.8. The molecule has 0 spiro atoms. The summed E-state index contributed by atoms with van der Waals surface area (Å²) in [5.41, 5.74) is 6.28. The van der Waals surface area contributed by atoms with Gasteiger partial charge in [0.1, 0.15) is 5.82 Å². The zero-order chi connectivity index (χ0) is 13.2. The van der Waals surface area contributed by atoms with E-state index >= 15 is 0 Å². The molecule has 0 saturated carbocycles. The Bertz CT molecular complexity index is 480. The monoisotopic (exact) mass is 262 g/mol. The van der Waals surface area contributed by atoms with E-state index in [0.717, 1.165) is 5.82 Å². The number of anilines is 2. The van der Waals surface area contributed by atoms with Crippen molar-refractivity contribution >= 4 is 21.6 Å². The predicted octanol–water partition coefficient (Wildman–Crippen LogP) is 0.198. The van der Waals surface area contributed by atoms with Crippen molar-refractivity contribution in [2.24, 2.45) is 0 Å². The van der Waals surface area contributed by atoms with Gasteiger partial charge in [0.05, 0.1) is 17.1 Å². The number of nitrogens with two attached hydrogens (primary N) is 1. The van der Waals surface area contributed by atoms with E-state index < -0.39 is 15.4 Å². The molecule has 1 heterocycles. The number of nitrogens with zero attached hydrogens (tertiary/aromatic N) is 3. The average molecular weight is 262 g/mol. The summed E-state index contributed by atoms with van der Waals surface area (Å²) in [6.07, 6.45) is 1.80. The van der Waals surface area contributed by atoms with Crippen molar-refractivity contribution in [1.29, 1.82) is 0 Å². The Balaban J connectivity index is 2.77. The van der Waals surface area contributed by atoms with Crippen LogP contribution in [0.15, 0.2) is 6.20 Å². The van der Waals surface area contributed by atoms with Crippen LogP contribution < -0.4 is 10.6 Å². The first-order chi connectivity index (χ1) is 7.73. The first-order valence-corrected chi connectivity index (χ1v) is 6.68. The summed E-state index contributed by atoms with van der Waals surface area (Å²) in [6, 6.07) is 0. The summed E-state index contributed by atoms with van der Waals surface area (Å²) in [7, 11) is -0.326. The third-order valence-corrected chi connectivity index (χ3v) is 3.77. The molecular formula is C9H18N4O3S. The van der Waals surface area contributed by atoms with Crippen LogP contribution in [-0.2, 0) is 16.7 Å². The molecule has 0 aromatic carbocycles. The Hall–Kier alpha value is -1.28. The lowest BCUT2D eigenvalue weighted by Gasteiger charge is -2.16. The molecule has 1 aromatic heterocycles. The fourth-order valence-corrected chi connectivity index (χ4v) is 1.90. The highest BCUT2D eigenvalue weighted by Crippen LogP contribution is 2.21. The van der Waals surface area contributed by atoms with Crippen molar-refractivity contribution in [2.45, 2.75) is 25.1 Å². The highest BCUT2D eigenvalue weighted by atomic mass is 32.2. The second-order valence-electron chi connectivity index (χ2n) is 4.16. The Kier molecular flexibility index (Phi) is 3.99. The van der Waals surface area contributed by atoms with Gasteiger partial charge < -0.3 is 10.6 Å². The van der Waals surface area contributed by atoms with E-state index in [0.29, 0.717) is 12.2 Å². The van der Waals surface area contributed by atoms with E-state index in [2.05, 4.69) is 5.10 Å². The second-order valence-corrected chi connectivity index (χ2v) is 5.99. The third-order valence-electron chi connectivity index (χ3n) is 2.52. The molecule has 3 N–H and O–H groups in total. The molecule has 0 bridgehead atoms. The van der Waals surface area contributed by atoms with Crippen molar-refractivity contribution in [3.63, 3.8) is 0 Å². The number of aromatic nitrogens is 2. The van der Waals surface area contributed by atoms with Crippen LogP contribution in [0.25, 0.3) is 0 Å². The summed E-state index contributed by atoms with van der Waals surface area (Å²) in [5.74, 6) is 0.729. The molecule has 1 unspecified atom stereocenters. The molecule has 0 aliphatic rings. The van der Waals surface area contributed by atoms with Crippen molar-refractivity contribution in [3.05, 3.63) is 6.20 Å². The zero-order valence-corrected chi connectivity index (χ0v) is 11.0. The summed E-state index contributed by atoms with van der Waals surface area (Å²) in [6.45, 7) is 1.84. The predicted molar refractivity (Wildman–Crippen MR) is 66.6 cm³/mol. The topological polar surface area (TPSA) is 101 Å². The van der Waals surface area contributed by atoms with Gasteiger partial charge in [-0.2, -0.15) is 13.5 Å². The standard InChI is InChI=1S/C9H18N4O3S/c1-7(17(14,15)16)4-5-13-9(12(2)3)8(10)6-11-13/h6-7H,4-5,10H2,1-3H3,(H,14,15,16). The molecule has 0 radical (unpaired) electrons. The summed E-state index contributed by atoms with van der Waals surface area (Å²) >= 11 is 0. The lowest BCUT2D eigenvalue weighted by atomic mass is 10.3. The highest BCUT2D eigenvalue weighted by Gasteiger charge is 2.18. The number of aryl methyl sites for hydroxylation is 1. The maximum Gasteiger partial charge on any atom is 0.267 e. The largest absolute Gasteiger partial charge is 0.394 e. The number of nitrogen functional groups attached to an aromatic ring is 1. The van der Waals surface area contributed by atoms with Gasteiger partial charge in [-0.25, -0.2) is 4.68 Å². The first-order valence-electron chi connectivity index (χ1n) is 5.18. The van der Waals surface area contributed by atoms with Crippen molar-refractivity contribution < 1.29 is 13.0 Å². The van der Waals surface area contributed by atoms with Gasteiger partial charge in [-0.1, -0.05) is 0 Å². The fourth-order valence-electron chi connectivity index (χ4n) is 1.50. The Labute approximate surface area is 101 Å². The van der Waals surface area contributed by atoms with Gasteiger partial charge >= 0.3 is 0 Å². The van der Waals surface area contributed by atoms with Crippen LogP contribution >= 0.6 is 0 Å². The Morgan fingerprint density at radius 2 is 2.18 bits per heavy atom. The molecule has 0 aliphatic carbocycles. The van der Waals surface area contributed by atoms with Gasteiger partial charge in [0, 0.05) is 20.6 Å². The van der Waals surface area contributed by atoms with Gasteiger partial charge in [0.25, 0.3) is 10.1 Å². The molecule has 8 heteroatoms. The van der Waals surface area contributed by atoms with Crippen LogP contribution in [0.1, 0.15) is 13.3 Å². The van der Waals surface area contributed by atoms with Crippen molar-refractivity contribution in [3.8, 4) is 0 Å². The summed E-state index contributed by atoms with van der Waals surface area (Å²) in [4.78, 5) is 1.81. The minimum atomic E-state index is -3.99. The maximum absolute atomic E-state index is 10.9. The van der Waals surface area contributed by atoms with Crippen LogP contribution in [0.5, 0.6) is 0 Å². The quantitative estimate of drug-likeness (QED) is 0.735. The zero-order valence-electron chi connectivity index (χ0n) is 10.2. The molecule has 17 heavy (non-hydrogen) atoms. The van der Waals surface area contributed by atoms with Crippen LogP contribution in [-0.4, -0.2) is 42.1 Å². The molecule has 0 amide bonds. The molecule has 1 atom stereocenters. The van der Waals surface area contributed by atoms with Crippen LogP contribution in [0, 0.1) is 0 Å². The molecule has 0 aliphatic heterocycles. The van der Waals surface area contributed by atoms with Gasteiger partial charge in [-0.05, 0) is 13.3 Å². The lowest BCUT2D eigenvalue weighted by molar-refractivity contribution is 0.457. The number of hydrogen-bond acceptors (Lipinski definition) is 5. The minimum Gasteiger partial charge on any atom is -0.394 e. The van der Waals surface area contributed by atoms with E-state index in [9.17, 15) is 8.42 Å². The molecule has 0 saturated heterocycles. The van der Waals surface area contributed by atoms with E-state index in [1.54, 1.807) is 9.58 Å². The molecule has 7 nitrogen and oxygen atoms in total. The third kappa shape index (κ3) is 3.34. The molecule has 1 aromatic rings. The minimum absolute atomic E-state index is 0.279. The van der Waals surface area contributed by atoms with Crippen molar-refractivity contribution in [2.75, 3.05) is 24.7 Å². The summed E-state index contributed by atoms with van der Waals surface area (Å²) < 4.78 is 32.2. The molecule has 1 rings (SSSR count). The van der Waals surface area contributed by atoms with Gasteiger partial charge in [0.15, 0.2) is 0 Å². The van der Waals surface area contributed by atoms with E-state index in [4.69, 9.17) is 10.3 Å². The van der Waals surface area contributed by atoms with Gasteiger partial charge in [0.2, 0.25) is 0 Å². The Morgan fingerprint density at radius 3 is 2.65 bits per heavy atom. The van der Waals surface area contributed by atoms with Crippen LogP contribution in [0.3, 0.4) is 0 Å². The average Bonchev–Trinajstić information content (AvgIpc) is 2.54. The van der Waals surface area contributed by atoms with Gasteiger partial charge in [-0.3, -0.25) is 4.55 Å². The number of rotatable bonds is 5. The molecular weight excluding hydrogens is 244 g/mol. The second kappa shape index (κ2) is 4.92. The lowest BCUT2D eigenvalue weighted by Crippen LogP contribution is -2.21. The van der Waals surface area contributed by atoms with E-state index in [1.807, 2.05) is 14.1 Å².